The molecule has 0 bridgehead atoms. The molecule has 30 heavy (non-hydrogen) atoms. The summed E-state index contributed by atoms with van der Waals surface area (Å²) in [4.78, 5) is 15.0. The summed E-state index contributed by atoms with van der Waals surface area (Å²) in [5, 5.41) is 11.0. The quantitative estimate of drug-likeness (QED) is 0.506. The lowest BCUT2D eigenvalue weighted by Gasteiger charge is -2.20. The first-order valence-corrected chi connectivity index (χ1v) is 9.66. The van der Waals surface area contributed by atoms with Crippen LogP contribution in [-0.4, -0.2) is 33.7 Å². The van der Waals surface area contributed by atoms with Crippen molar-refractivity contribution in [2.24, 2.45) is 0 Å². The largest absolute Gasteiger partial charge is 0.503 e. The van der Waals surface area contributed by atoms with Crippen LogP contribution in [0.25, 0.3) is 22.0 Å². The number of anilines is 2. The van der Waals surface area contributed by atoms with Crippen molar-refractivity contribution in [1.82, 2.24) is 15.0 Å². The summed E-state index contributed by atoms with van der Waals surface area (Å²) in [6.07, 6.45) is 3.85. The second-order valence-electron chi connectivity index (χ2n) is 6.98. The highest BCUT2D eigenvalue weighted by atomic mass is 35.5. The number of aromatic nitrogens is 3. The van der Waals surface area contributed by atoms with Gasteiger partial charge in [-0.25, -0.2) is 19.3 Å². The van der Waals surface area contributed by atoms with E-state index < -0.39 is 5.82 Å². The number of rotatable bonds is 3. The molecule has 150 valence electrons. The number of pyridine rings is 1. The highest BCUT2D eigenvalue weighted by Crippen LogP contribution is 2.40. The van der Waals surface area contributed by atoms with Crippen molar-refractivity contribution in [2.75, 3.05) is 18.6 Å². The van der Waals surface area contributed by atoms with Gasteiger partial charge in [-0.3, -0.25) is 0 Å². The van der Waals surface area contributed by atoms with Gasteiger partial charge in [-0.2, -0.15) is 0 Å². The van der Waals surface area contributed by atoms with Crippen LogP contribution in [0.5, 0.6) is 11.6 Å². The molecule has 0 unspecified atom stereocenters. The first kappa shape index (κ1) is 18.6. The van der Waals surface area contributed by atoms with Crippen LogP contribution < -0.4 is 9.64 Å². The maximum Gasteiger partial charge on any atom is 0.256 e. The number of hydrogen-bond donors (Lipinski definition) is 1. The number of fused-ring (bicyclic) bond motifs is 2. The monoisotopic (exact) mass is 422 g/mol. The summed E-state index contributed by atoms with van der Waals surface area (Å²) in [6, 6.07) is 10.5. The summed E-state index contributed by atoms with van der Waals surface area (Å²) in [7, 11) is 1.45. The summed E-state index contributed by atoms with van der Waals surface area (Å²) < 4.78 is 18.9. The topological polar surface area (TPSA) is 71.4 Å². The molecule has 2 aromatic carbocycles. The van der Waals surface area contributed by atoms with Gasteiger partial charge in [0, 0.05) is 29.4 Å². The van der Waals surface area contributed by atoms with Crippen molar-refractivity contribution in [3.63, 3.8) is 0 Å². The van der Waals surface area contributed by atoms with E-state index in [0.717, 1.165) is 33.3 Å². The molecule has 0 fully saturated rings. The Kier molecular flexibility index (Phi) is 4.40. The third-order valence-corrected chi connectivity index (χ3v) is 5.54. The highest BCUT2D eigenvalue weighted by Gasteiger charge is 2.25. The van der Waals surface area contributed by atoms with Gasteiger partial charge in [0.25, 0.3) is 5.88 Å². The average Bonchev–Trinajstić information content (AvgIpc) is 3.15. The predicted octanol–water partition coefficient (Wildman–Crippen LogP) is 4.89. The van der Waals surface area contributed by atoms with Crippen LogP contribution in [0.15, 0.2) is 48.9 Å². The van der Waals surface area contributed by atoms with Crippen molar-refractivity contribution >= 4 is 34.0 Å². The second-order valence-corrected chi connectivity index (χ2v) is 7.39. The number of benzene rings is 2. The van der Waals surface area contributed by atoms with Gasteiger partial charge in [-0.15, -0.1) is 0 Å². The Labute approximate surface area is 176 Å². The zero-order chi connectivity index (χ0) is 20.8. The minimum atomic E-state index is -0.418. The van der Waals surface area contributed by atoms with E-state index in [2.05, 4.69) is 15.0 Å². The van der Waals surface area contributed by atoms with Gasteiger partial charge >= 0.3 is 0 Å². The molecule has 0 saturated heterocycles. The van der Waals surface area contributed by atoms with Gasteiger partial charge < -0.3 is 14.7 Å². The molecule has 0 saturated carbocycles. The van der Waals surface area contributed by atoms with Crippen molar-refractivity contribution < 1.29 is 14.2 Å². The van der Waals surface area contributed by atoms with E-state index in [1.807, 2.05) is 23.1 Å². The summed E-state index contributed by atoms with van der Waals surface area (Å²) in [5.41, 5.74) is 4.09. The maximum absolute atomic E-state index is 13.9. The molecular weight excluding hydrogens is 407 g/mol. The predicted molar refractivity (Wildman–Crippen MR) is 113 cm³/mol. The summed E-state index contributed by atoms with van der Waals surface area (Å²) in [6.45, 7) is 0.663. The molecule has 0 atom stereocenters. The van der Waals surface area contributed by atoms with Crippen LogP contribution in [0.3, 0.4) is 0 Å². The van der Waals surface area contributed by atoms with Crippen LogP contribution in [0.2, 0.25) is 5.02 Å². The molecule has 0 aliphatic carbocycles. The first-order chi connectivity index (χ1) is 14.5. The van der Waals surface area contributed by atoms with Gasteiger partial charge in [-0.05, 0) is 47.9 Å². The number of hydrogen-bond acceptors (Lipinski definition) is 6. The van der Waals surface area contributed by atoms with Crippen LogP contribution in [0, 0.1) is 5.82 Å². The minimum absolute atomic E-state index is 0.0372. The van der Waals surface area contributed by atoms with E-state index >= 15 is 0 Å². The lowest BCUT2D eigenvalue weighted by Crippen LogP contribution is -2.15. The molecule has 1 N–H and O–H groups in total. The fourth-order valence-corrected chi connectivity index (χ4v) is 3.95. The van der Waals surface area contributed by atoms with E-state index in [0.29, 0.717) is 18.8 Å². The molecule has 0 amide bonds. The van der Waals surface area contributed by atoms with E-state index in [-0.39, 0.29) is 16.7 Å². The van der Waals surface area contributed by atoms with Crippen molar-refractivity contribution in [2.45, 2.75) is 6.42 Å². The van der Waals surface area contributed by atoms with E-state index in [4.69, 9.17) is 16.3 Å². The Hall–Kier alpha value is -3.45. The fraction of sp³-hybridized carbons (Fsp3) is 0.136. The lowest BCUT2D eigenvalue weighted by molar-refractivity contribution is 0.359. The molecular formula is C22H16ClFN4O2. The Balaban J connectivity index is 1.64. The smallest absolute Gasteiger partial charge is 0.256 e. The summed E-state index contributed by atoms with van der Waals surface area (Å²) in [5.74, 6) is 0.430. The average molecular weight is 423 g/mol. The van der Waals surface area contributed by atoms with Gasteiger partial charge in [0.1, 0.15) is 18.0 Å². The maximum atomic E-state index is 13.9. The first-order valence-electron chi connectivity index (χ1n) is 9.29. The third-order valence-electron chi connectivity index (χ3n) is 5.25. The van der Waals surface area contributed by atoms with Gasteiger partial charge in [0.15, 0.2) is 5.75 Å². The van der Waals surface area contributed by atoms with E-state index in [9.17, 15) is 9.50 Å². The number of methoxy groups -OCH3 is 1. The summed E-state index contributed by atoms with van der Waals surface area (Å²) >= 11 is 6.03. The Morgan fingerprint density at radius 2 is 1.97 bits per heavy atom. The van der Waals surface area contributed by atoms with Gasteiger partial charge in [0.05, 0.1) is 17.6 Å². The molecule has 5 rings (SSSR count). The molecule has 4 aromatic rings. The van der Waals surface area contributed by atoms with Crippen molar-refractivity contribution in [1.29, 1.82) is 0 Å². The molecule has 0 radical (unpaired) electrons. The molecule has 1 aliphatic rings. The Bertz CT molecular complexity index is 1300. The molecule has 6 nitrogen and oxygen atoms in total. The fourth-order valence-electron chi connectivity index (χ4n) is 3.80. The Morgan fingerprint density at radius 1 is 1.10 bits per heavy atom. The normalized spacial score (nSPS) is 13.0. The van der Waals surface area contributed by atoms with Crippen molar-refractivity contribution in [3.05, 3.63) is 65.3 Å². The molecule has 8 heteroatoms. The minimum Gasteiger partial charge on any atom is -0.503 e. The Morgan fingerprint density at radius 3 is 2.77 bits per heavy atom. The highest BCUT2D eigenvalue weighted by molar-refractivity contribution is 6.31. The number of nitrogens with zero attached hydrogens (tertiary/aromatic N) is 4. The molecule has 1 aliphatic heterocycles. The van der Waals surface area contributed by atoms with Crippen LogP contribution in [0.4, 0.5) is 15.9 Å². The van der Waals surface area contributed by atoms with E-state index in [1.165, 1.54) is 19.5 Å². The van der Waals surface area contributed by atoms with Crippen LogP contribution in [0.1, 0.15) is 5.56 Å². The third kappa shape index (κ3) is 2.98. The van der Waals surface area contributed by atoms with Crippen LogP contribution in [-0.2, 0) is 6.42 Å². The zero-order valence-corrected chi connectivity index (χ0v) is 16.7. The number of aromatic hydroxyl groups is 1. The number of ether oxygens (including phenoxy) is 1. The number of halogens is 2. The second kappa shape index (κ2) is 7.11. The van der Waals surface area contributed by atoms with Crippen molar-refractivity contribution in [3.8, 4) is 22.8 Å². The standard InChI is InChI=1S/C22H16ClFN4O2/c1-30-22-20(29)8-14(10-25-22)12-2-3-18-15(6-12)21(27-11-26-18)28-5-4-13-7-17(24)16(23)9-19(13)28/h2-3,6-11,29H,4-5H2,1H3. The van der Waals surface area contributed by atoms with Gasteiger partial charge in [-0.1, -0.05) is 17.7 Å². The molecule has 3 heterocycles. The zero-order valence-electron chi connectivity index (χ0n) is 15.9. The van der Waals surface area contributed by atoms with E-state index in [1.54, 1.807) is 18.3 Å². The molecule has 0 spiro atoms. The molecule has 2 aromatic heterocycles. The SMILES string of the molecule is COc1ncc(-c2ccc3ncnc(N4CCc5cc(F)c(Cl)cc54)c3c2)cc1O. The van der Waals surface area contributed by atoms with Gasteiger partial charge in [0.2, 0.25) is 0 Å². The lowest BCUT2D eigenvalue weighted by atomic mass is 10.0. The van der Waals surface area contributed by atoms with Crippen LogP contribution >= 0.6 is 11.6 Å².